The third kappa shape index (κ3) is 6.70. The fourth-order valence-corrected chi connectivity index (χ4v) is 10.7. The Bertz CT molecular complexity index is 1520. The highest BCUT2D eigenvalue weighted by atomic mass is 35.5. The molecule has 1 saturated carbocycles. The van der Waals surface area contributed by atoms with Crippen LogP contribution >= 0.6 is 23.4 Å². The zero-order valence-electron chi connectivity index (χ0n) is 25.0. The molecular weight excluding hydrogens is 632 g/mol. The lowest BCUT2D eigenvalue weighted by Gasteiger charge is -2.45. The van der Waals surface area contributed by atoms with E-state index in [1.54, 1.807) is 21.2 Å². The monoisotopic (exact) mass is 671 g/mol. The number of nitrogens with one attached hydrogen (secondary N) is 2. The Morgan fingerprint density at radius 3 is 2.73 bits per heavy atom. The third-order valence-corrected chi connectivity index (χ3v) is 12.7. The molecule has 3 saturated heterocycles. The molecule has 8 atom stereocenters. The van der Waals surface area contributed by atoms with E-state index >= 15 is 0 Å². The summed E-state index contributed by atoms with van der Waals surface area (Å²) in [6.07, 6.45) is 6.24. The zero-order valence-corrected chi connectivity index (χ0v) is 27.4. The van der Waals surface area contributed by atoms with Gasteiger partial charge in [-0.2, -0.15) is 11.8 Å². The van der Waals surface area contributed by atoms with E-state index < -0.39 is 27.8 Å². The molecule has 2 N–H and O–H groups in total. The van der Waals surface area contributed by atoms with Crippen LogP contribution in [0.3, 0.4) is 0 Å². The number of halogens is 3. The number of aromatic nitrogens is 2. The number of aryl methyl sites for hydroxylation is 2. The lowest BCUT2D eigenvalue weighted by Crippen LogP contribution is -2.61. The molecule has 1 amide bonds. The van der Waals surface area contributed by atoms with E-state index in [4.69, 9.17) is 16.6 Å². The Kier molecular flexibility index (Phi) is 9.14. The predicted octanol–water partition coefficient (Wildman–Crippen LogP) is 2.17. The molecule has 9 nitrogen and oxygen atoms in total. The van der Waals surface area contributed by atoms with Gasteiger partial charge in [-0.1, -0.05) is 11.8 Å². The van der Waals surface area contributed by atoms with E-state index in [-0.39, 0.29) is 65.7 Å². The largest absolute Gasteiger partial charge is 0.312 e. The van der Waals surface area contributed by atoms with Gasteiger partial charge >= 0.3 is 0 Å². The Hall–Kier alpha value is -1.72. The minimum absolute atomic E-state index is 0.0520. The molecule has 0 radical (unpaired) electrons. The van der Waals surface area contributed by atoms with E-state index in [9.17, 15) is 26.8 Å². The number of hydrogen-bond donors (Lipinski definition) is 2. The number of likely N-dealkylation sites (tertiary alicyclic amines) is 1. The minimum Gasteiger partial charge on any atom is -0.312 e. The number of piperidine rings is 1. The Morgan fingerprint density at radius 2 is 2.00 bits per heavy atom. The molecule has 0 aromatic carbocycles. The predicted molar refractivity (Wildman–Crippen MR) is 166 cm³/mol. The number of amides is 1. The number of sulfonamides is 1. The van der Waals surface area contributed by atoms with Gasteiger partial charge in [0.1, 0.15) is 5.82 Å². The summed E-state index contributed by atoms with van der Waals surface area (Å²) in [5.41, 5.74) is 1.28. The second-order valence-electron chi connectivity index (χ2n) is 13.2. The number of rotatable bonds is 5. The zero-order chi connectivity index (χ0) is 31.4. The van der Waals surface area contributed by atoms with Crippen LogP contribution in [-0.4, -0.2) is 89.1 Å². The summed E-state index contributed by atoms with van der Waals surface area (Å²) in [7, 11) is -3.63. The maximum Gasteiger partial charge on any atom is 0.272 e. The van der Waals surface area contributed by atoms with Crippen molar-refractivity contribution in [1.82, 2.24) is 24.5 Å². The topological polar surface area (TPSA) is 113 Å². The molecule has 1 aromatic rings. The van der Waals surface area contributed by atoms with Gasteiger partial charge in [-0.3, -0.25) is 23.8 Å². The van der Waals surface area contributed by atoms with E-state index in [1.807, 2.05) is 6.92 Å². The summed E-state index contributed by atoms with van der Waals surface area (Å²) < 4.78 is 54.1. The number of carbonyl (C=O) groups is 1. The van der Waals surface area contributed by atoms with Crippen LogP contribution in [0.5, 0.6) is 0 Å². The average molecular weight is 672 g/mol. The van der Waals surface area contributed by atoms with Crippen LogP contribution in [0.4, 0.5) is 8.78 Å². The molecule has 4 heterocycles. The van der Waals surface area contributed by atoms with Crippen LogP contribution in [-0.2, 0) is 34.2 Å². The summed E-state index contributed by atoms with van der Waals surface area (Å²) in [6, 6.07) is -0.177. The molecule has 0 spiro atoms. The van der Waals surface area contributed by atoms with Crippen molar-refractivity contribution < 1.29 is 22.0 Å². The fourth-order valence-electron chi connectivity index (χ4n) is 8.01. The molecule has 44 heavy (non-hydrogen) atoms. The van der Waals surface area contributed by atoms with Crippen LogP contribution in [0.2, 0.25) is 0 Å². The van der Waals surface area contributed by atoms with Gasteiger partial charge in [-0.05, 0) is 70.3 Å². The van der Waals surface area contributed by atoms with Crippen molar-refractivity contribution >= 4 is 39.3 Å². The smallest absolute Gasteiger partial charge is 0.272 e. The van der Waals surface area contributed by atoms with Crippen molar-refractivity contribution in [2.75, 3.05) is 31.6 Å². The first-order valence-electron chi connectivity index (χ1n) is 15.5. The number of hydrogen-bond acceptors (Lipinski definition) is 8. The molecule has 14 heteroatoms. The van der Waals surface area contributed by atoms with E-state index in [0.29, 0.717) is 30.0 Å². The standard InChI is InChI=1S/C30H40ClF2N5O4S2/c1-17-35-25-8-7-20(37-15-30(32,33)16-37)13-23(25)29(40)38(17)11-3-4-18-5-6-19(31)12-22(18)21-9-10-34-26-24(14-43-27(21)26)28(39)36-44(2,41)42/h18-22,24,26-27,34H,5-16H2,1-2H3,(H,36,39)/t18?,19?,20-,21?,22?,24?,26?,27?/m0/s1. The summed E-state index contributed by atoms with van der Waals surface area (Å²) in [4.78, 5) is 32.8. The lowest BCUT2D eigenvalue weighted by molar-refractivity contribution is -0.147. The molecule has 3 aliphatic heterocycles. The van der Waals surface area contributed by atoms with E-state index in [2.05, 4.69) is 21.9 Å². The van der Waals surface area contributed by atoms with Gasteiger partial charge in [0.25, 0.3) is 11.5 Å². The molecule has 6 rings (SSSR count). The minimum atomic E-state index is -3.63. The SMILES string of the molecule is Cc1nc2c(c(=O)n1CC#CC1CCC(Cl)CC1C1CCNC3C(C(=O)NS(C)(=O)=O)CSC13)C[C@@H](N1CC(F)(F)C1)CC2. The van der Waals surface area contributed by atoms with Gasteiger partial charge in [0, 0.05) is 39.9 Å². The second kappa shape index (κ2) is 12.5. The van der Waals surface area contributed by atoms with Crippen molar-refractivity contribution in [2.24, 2.45) is 23.7 Å². The van der Waals surface area contributed by atoms with Crippen molar-refractivity contribution in [2.45, 2.75) is 87.0 Å². The average Bonchev–Trinajstić information content (AvgIpc) is 3.38. The number of alkyl halides is 3. The second-order valence-corrected chi connectivity index (χ2v) is 16.8. The quantitative estimate of drug-likeness (QED) is 0.362. The highest BCUT2D eigenvalue weighted by Crippen LogP contribution is 2.48. The first-order valence-corrected chi connectivity index (χ1v) is 18.9. The number of carbonyl (C=O) groups excluding carboxylic acids is 1. The van der Waals surface area contributed by atoms with Crippen molar-refractivity contribution in [3.8, 4) is 11.8 Å². The van der Waals surface area contributed by atoms with Gasteiger partial charge in [0.2, 0.25) is 15.9 Å². The molecule has 2 aliphatic carbocycles. The fraction of sp³-hybridized carbons (Fsp3) is 0.767. The highest BCUT2D eigenvalue weighted by molar-refractivity contribution is 8.00. The summed E-state index contributed by atoms with van der Waals surface area (Å²) in [5, 5.41) is 3.69. The van der Waals surface area contributed by atoms with Gasteiger partial charge < -0.3 is 5.32 Å². The molecule has 5 aliphatic rings. The van der Waals surface area contributed by atoms with E-state index in [0.717, 1.165) is 50.6 Å². The number of thioether (sulfide) groups is 1. The molecule has 1 aromatic heterocycles. The summed E-state index contributed by atoms with van der Waals surface area (Å²) in [6.45, 7) is 2.28. The lowest BCUT2D eigenvalue weighted by atomic mass is 9.67. The van der Waals surface area contributed by atoms with Crippen LogP contribution in [0.1, 0.15) is 49.2 Å². The van der Waals surface area contributed by atoms with Crippen molar-refractivity contribution in [3.05, 3.63) is 27.4 Å². The van der Waals surface area contributed by atoms with Gasteiger partial charge in [-0.25, -0.2) is 22.2 Å². The van der Waals surface area contributed by atoms with Crippen LogP contribution < -0.4 is 15.6 Å². The highest BCUT2D eigenvalue weighted by Gasteiger charge is 2.50. The van der Waals surface area contributed by atoms with Gasteiger partial charge in [0.05, 0.1) is 37.5 Å². The van der Waals surface area contributed by atoms with Gasteiger partial charge in [0.15, 0.2) is 0 Å². The first kappa shape index (κ1) is 32.2. The Morgan fingerprint density at radius 1 is 1.23 bits per heavy atom. The van der Waals surface area contributed by atoms with E-state index in [1.165, 1.54) is 0 Å². The molecule has 7 unspecified atom stereocenters. The van der Waals surface area contributed by atoms with Crippen LogP contribution in [0, 0.1) is 42.4 Å². The maximum absolute atomic E-state index is 13.6. The van der Waals surface area contributed by atoms with Crippen molar-refractivity contribution in [3.63, 3.8) is 0 Å². The Balaban J connectivity index is 1.17. The van der Waals surface area contributed by atoms with Crippen LogP contribution in [0.25, 0.3) is 0 Å². The molecule has 242 valence electrons. The molecular formula is C30H40ClF2N5O4S2. The molecule has 4 fully saturated rings. The molecule has 0 bridgehead atoms. The third-order valence-electron chi connectivity index (χ3n) is 10.1. The number of nitrogens with zero attached hydrogens (tertiary/aromatic N) is 3. The summed E-state index contributed by atoms with van der Waals surface area (Å²) in [5.74, 6) is 5.04. The Labute approximate surface area is 266 Å². The van der Waals surface area contributed by atoms with Gasteiger partial charge in [-0.15, -0.1) is 11.6 Å². The number of fused-ring (bicyclic) bond motifs is 2. The first-order chi connectivity index (χ1) is 20.8. The maximum atomic E-state index is 13.6. The normalized spacial score (nSPS) is 35.0. The van der Waals surface area contributed by atoms with Crippen LogP contribution in [0.15, 0.2) is 4.79 Å². The summed E-state index contributed by atoms with van der Waals surface area (Å²) >= 11 is 8.42. The van der Waals surface area contributed by atoms with Crippen molar-refractivity contribution in [1.29, 1.82) is 0 Å².